The number of aromatic nitrogens is 1. The second-order valence-corrected chi connectivity index (χ2v) is 5.23. The second-order valence-electron chi connectivity index (χ2n) is 4.79. The third-order valence-corrected chi connectivity index (χ3v) is 3.33. The Kier molecular flexibility index (Phi) is 5.53. The molecule has 0 spiro atoms. The first kappa shape index (κ1) is 15.0. The Morgan fingerprint density at radius 2 is 1.90 bits per heavy atom. The van der Waals surface area contributed by atoms with Crippen molar-refractivity contribution in [3.05, 3.63) is 53.2 Å². The van der Waals surface area contributed by atoms with Crippen LogP contribution in [-0.2, 0) is 11.3 Å². The Morgan fingerprint density at radius 3 is 2.50 bits per heavy atom. The van der Waals surface area contributed by atoms with Crippen LogP contribution >= 0.6 is 11.6 Å². The Hall–Kier alpha value is -1.42. The van der Waals surface area contributed by atoms with Gasteiger partial charge in [0.15, 0.2) is 0 Å². The van der Waals surface area contributed by atoms with Crippen molar-refractivity contribution in [3.8, 4) is 11.3 Å². The van der Waals surface area contributed by atoms with E-state index >= 15 is 0 Å². The average molecular weight is 291 g/mol. The van der Waals surface area contributed by atoms with E-state index in [1.807, 2.05) is 12.1 Å². The first-order valence-electron chi connectivity index (χ1n) is 6.57. The van der Waals surface area contributed by atoms with E-state index in [-0.39, 0.29) is 0 Å². The van der Waals surface area contributed by atoms with Gasteiger partial charge in [0.05, 0.1) is 17.3 Å². The van der Waals surface area contributed by atoms with E-state index < -0.39 is 0 Å². The quantitative estimate of drug-likeness (QED) is 0.814. The van der Waals surface area contributed by atoms with Crippen LogP contribution in [0.25, 0.3) is 11.3 Å². The molecule has 0 unspecified atom stereocenters. The minimum atomic E-state index is 0.658. The van der Waals surface area contributed by atoms with Gasteiger partial charge in [-0.25, -0.2) is 0 Å². The lowest BCUT2D eigenvalue weighted by Gasteiger charge is -2.16. The molecule has 0 saturated heterocycles. The van der Waals surface area contributed by atoms with E-state index in [0.717, 1.165) is 31.0 Å². The third-order valence-electron chi connectivity index (χ3n) is 3.11. The summed E-state index contributed by atoms with van der Waals surface area (Å²) in [5, 5.41) is 0.658. The van der Waals surface area contributed by atoms with Crippen molar-refractivity contribution < 1.29 is 4.74 Å². The highest BCUT2D eigenvalue weighted by molar-refractivity contribution is 6.30. The fourth-order valence-electron chi connectivity index (χ4n) is 1.97. The molecule has 0 N–H and O–H groups in total. The molecular formula is C16H19ClN2O. The van der Waals surface area contributed by atoms with E-state index in [4.69, 9.17) is 16.3 Å². The zero-order valence-electron chi connectivity index (χ0n) is 11.8. The lowest BCUT2D eigenvalue weighted by molar-refractivity contribution is 0.158. The summed E-state index contributed by atoms with van der Waals surface area (Å²) in [6, 6.07) is 12.2. The van der Waals surface area contributed by atoms with Gasteiger partial charge in [-0.2, -0.15) is 0 Å². The molecule has 1 aromatic heterocycles. The molecule has 0 fully saturated rings. The van der Waals surface area contributed by atoms with Gasteiger partial charge >= 0.3 is 0 Å². The zero-order chi connectivity index (χ0) is 14.4. The molecule has 2 rings (SSSR count). The fraction of sp³-hybridized carbons (Fsp3) is 0.312. The number of rotatable bonds is 6. The number of nitrogens with zero attached hydrogens (tertiary/aromatic N) is 2. The van der Waals surface area contributed by atoms with Crippen LogP contribution in [0.5, 0.6) is 0 Å². The normalized spacial score (nSPS) is 11.0. The van der Waals surface area contributed by atoms with Gasteiger partial charge in [0.1, 0.15) is 0 Å². The molecule has 0 aliphatic rings. The van der Waals surface area contributed by atoms with Crippen molar-refractivity contribution in [1.82, 2.24) is 9.88 Å². The Balaban J connectivity index is 2.01. The number of methoxy groups -OCH3 is 1. The number of benzene rings is 1. The molecule has 4 heteroatoms. The predicted molar refractivity (Wildman–Crippen MR) is 82.9 cm³/mol. The summed E-state index contributed by atoms with van der Waals surface area (Å²) in [5.41, 5.74) is 3.32. The first-order valence-corrected chi connectivity index (χ1v) is 6.95. The highest BCUT2D eigenvalue weighted by atomic mass is 35.5. The van der Waals surface area contributed by atoms with Crippen LogP contribution in [0.15, 0.2) is 42.6 Å². The number of hydrogen-bond acceptors (Lipinski definition) is 3. The van der Waals surface area contributed by atoms with Crippen molar-refractivity contribution in [2.75, 3.05) is 27.3 Å². The van der Waals surface area contributed by atoms with E-state index in [1.165, 1.54) is 5.56 Å². The van der Waals surface area contributed by atoms with Gasteiger partial charge in [0, 0.05) is 32.0 Å². The van der Waals surface area contributed by atoms with E-state index in [2.05, 4.69) is 41.2 Å². The summed E-state index contributed by atoms with van der Waals surface area (Å²) in [6.07, 6.45) is 1.67. The van der Waals surface area contributed by atoms with E-state index in [1.54, 1.807) is 13.3 Å². The van der Waals surface area contributed by atoms with Crippen molar-refractivity contribution in [1.29, 1.82) is 0 Å². The molecule has 1 aromatic carbocycles. The van der Waals surface area contributed by atoms with Gasteiger partial charge in [0.2, 0.25) is 0 Å². The summed E-state index contributed by atoms with van der Waals surface area (Å²) in [6.45, 7) is 2.60. The van der Waals surface area contributed by atoms with Crippen LogP contribution in [0.1, 0.15) is 5.56 Å². The number of halogens is 1. The number of pyridine rings is 1. The van der Waals surface area contributed by atoms with Crippen LogP contribution in [0.3, 0.4) is 0 Å². The molecule has 2 aromatic rings. The SMILES string of the molecule is COCCN(C)Cc1ccc(-c2ccc(Cl)cn2)cc1. The largest absolute Gasteiger partial charge is 0.383 e. The summed E-state index contributed by atoms with van der Waals surface area (Å²) >= 11 is 5.85. The highest BCUT2D eigenvalue weighted by Gasteiger charge is 2.02. The third kappa shape index (κ3) is 4.30. The van der Waals surface area contributed by atoms with Crippen LogP contribution < -0.4 is 0 Å². The standard InChI is InChI=1S/C16H19ClN2O/c1-19(9-10-20-2)12-13-3-5-14(6-4-13)16-8-7-15(17)11-18-16/h3-8,11H,9-10,12H2,1-2H3. The van der Waals surface area contributed by atoms with Crippen molar-refractivity contribution >= 4 is 11.6 Å². The highest BCUT2D eigenvalue weighted by Crippen LogP contribution is 2.19. The summed E-state index contributed by atoms with van der Waals surface area (Å²) in [4.78, 5) is 6.56. The number of hydrogen-bond donors (Lipinski definition) is 0. The van der Waals surface area contributed by atoms with E-state index in [9.17, 15) is 0 Å². The maximum Gasteiger partial charge on any atom is 0.0703 e. The molecule has 0 atom stereocenters. The maximum absolute atomic E-state index is 5.85. The molecule has 0 aliphatic heterocycles. The number of likely N-dealkylation sites (N-methyl/N-ethyl adjacent to an activating group) is 1. The molecular weight excluding hydrogens is 272 g/mol. The Labute approximate surface area is 125 Å². The van der Waals surface area contributed by atoms with Crippen LogP contribution in [-0.4, -0.2) is 37.2 Å². The molecule has 3 nitrogen and oxygen atoms in total. The van der Waals surface area contributed by atoms with Crippen molar-refractivity contribution in [2.24, 2.45) is 0 Å². The Morgan fingerprint density at radius 1 is 1.15 bits per heavy atom. The summed E-state index contributed by atoms with van der Waals surface area (Å²) in [7, 11) is 3.81. The van der Waals surface area contributed by atoms with Crippen molar-refractivity contribution in [2.45, 2.75) is 6.54 Å². The first-order chi connectivity index (χ1) is 9.69. The molecule has 0 amide bonds. The molecule has 0 aliphatic carbocycles. The minimum absolute atomic E-state index is 0.658. The van der Waals surface area contributed by atoms with Crippen LogP contribution in [0, 0.1) is 0 Å². The lowest BCUT2D eigenvalue weighted by Crippen LogP contribution is -2.22. The molecule has 20 heavy (non-hydrogen) atoms. The van der Waals surface area contributed by atoms with Crippen LogP contribution in [0.4, 0.5) is 0 Å². The molecule has 0 bridgehead atoms. The second kappa shape index (κ2) is 7.39. The minimum Gasteiger partial charge on any atom is -0.383 e. The fourth-order valence-corrected chi connectivity index (χ4v) is 2.08. The summed E-state index contributed by atoms with van der Waals surface area (Å²) < 4.78 is 5.08. The van der Waals surface area contributed by atoms with Gasteiger partial charge in [-0.1, -0.05) is 35.9 Å². The van der Waals surface area contributed by atoms with E-state index in [0.29, 0.717) is 5.02 Å². The molecule has 106 valence electrons. The molecule has 0 saturated carbocycles. The van der Waals surface area contributed by atoms with Gasteiger partial charge in [-0.3, -0.25) is 9.88 Å². The van der Waals surface area contributed by atoms with Gasteiger partial charge in [0.25, 0.3) is 0 Å². The Bertz CT molecular complexity index is 525. The maximum atomic E-state index is 5.85. The molecule has 1 heterocycles. The summed E-state index contributed by atoms with van der Waals surface area (Å²) in [5.74, 6) is 0. The monoisotopic (exact) mass is 290 g/mol. The molecule has 0 radical (unpaired) electrons. The van der Waals surface area contributed by atoms with Crippen molar-refractivity contribution in [3.63, 3.8) is 0 Å². The van der Waals surface area contributed by atoms with Gasteiger partial charge in [-0.15, -0.1) is 0 Å². The van der Waals surface area contributed by atoms with Gasteiger partial charge < -0.3 is 4.74 Å². The predicted octanol–water partition coefficient (Wildman–Crippen LogP) is 3.48. The number of ether oxygens (including phenoxy) is 1. The van der Waals surface area contributed by atoms with Crippen LogP contribution in [0.2, 0.25) is 5.02 Å². The van der Waals surface area contributed by atoms with Gasteiger partial charge in [-0.05, 0) is 24.7 Å². The lowest BCUT2D eigenvalue weighted by atomic mass is 10.1. The zero-order valence-corrected chi connectivity index (χ0v) is 12.6. The smallest absolute Gasteiger partial charge is 0.0703 e. The average Bonchev–Trinajstić information content (AvgIpc) is 2.47. The topological polar surface area (TPSA) is 25.4 Å².